The van der Waals surface area contributed by atoms with Gasteiger partial charge in [0.15, 0.2) is 0 Å². The molecule has 0 aliphatic rings. The molecule has 0 bridgehead atoms. The van der Waals surface area contributed by atoms with Gasteiger partial charge in [-0.2, -0.15) is 8.78 Å². The van der Waals surface area contributed by atoms with Gasteiger partial charge in [-0.25, -0.2) is 0 Å². The average molecular weight is 210 g/mol. The smallest absolute Gasteiger partial charge is 0.387 e. The summed E-state index contributed by atoms with van der Waals surface area (Å²) in [6, 6.07) is 1.20. The van der Waals surface area contributed by atoms with Crippen molar-refractivity contribution in [3.05, 3.63) is 23.0 Å². The molecule has 0 saturated carbocycles. The maximum absolute atomic E-state index is 11.8. The van der Waals surface area contributed by atoms with Crippen LogP contribution in [-0.4, -0.2) is 16.7 Å². The fourth-order valence-corrected chi connectivity index (χ4v) is 0.980. The molecule has 1 aromatic heterocycles. The molecular weight excluding hydrogens is 204 g/mol. The van der Waals surface area contributed by atoms with Crippen LogP contribution in [0.15, 0.2) is 12.3 Å². The number of aromatic nitrogens is 1. The number of aliphatic hydroxyl groups is 1. The first-order valence-electron chi connectivity index (χ1n) is 3.34. The molecule has 0 atom stereocenters. The molecule has 72 valence electrons. The molecule has 0 amide bonds. The van der Waals surface area contributed by atoms with E-state index < -0.39 is 13.2 Å². The summed E-state index contributed by atoms with van der Waals surface area (Å²) in [6.45, 7) is -3.36. The van der Waals surface area contributed by atoms with E-state index in [0.717, 1.165) is 0 Å². The largest absolute Gasteiger partial charge is 0.433 e. The Labute approximate surface area is 77.9 Å². The summed E-state index contributed by atoms with van der Waals surface area (Å²) in [4.78, 5) is 3.66. The van der Waals surface area contributed by atoms with Gasteiger partial charge in [-0.15, -0.1) is 0 Å². The summed E-state index contributed by atoms with van der Waals surface area (Å²) in [5, 5.41) is 8.59. The van der Waals surface area contributed by atoms with E-state index in [1.54, 1.807) is 0 Å². The lowest BCUT2D eigenvalue weighted by Gasteiger charge is -2.07. The summed E-state index contributed by atoms with van der Waals surface area (Å²) < 4.78 is 27.6. The molecule has 0 aliphatic heterocycles. The van der Waals surface area contributed by atoms with Gasteiger partial charge in [0.25, 0.3) is 0 Å². The van der Waals surface area contributed by atoms with Gasteiger partial charge in [0.05, 0.1) is 12.3 Å². The predicted molar refractivity (Wildman–Crippen MR) is 41.8 cm³/mol. The second-order valence-electron chi connectivity index (χ2n) is 2.11. The predicted octanol–water partition coefficient (Wildman–Crippen LogP) is 1.83. The van der Waals surface area contributed by atoms with Gasteiger partial charge < -0.3 is 9.84 Å². The third-order valence-corrected chi connectivity index (χ3v) is 1.70. The normalized spacial score (nSPS) is 10.5. The summed E-state index contributed by atoms with van der Waals surface area (Å²) in [5.41, 5.74) is 0.111. The minimum Gasteiger partial charge on any atom is -0.433 e. The summed E-state index contributed by atoms with van der Waals surface area (Å²) >= 11 is 5.57. The monoisotopic (exact) mass is 209 g/mol. The molecular formula is C7H6ClF2NO2. The Morgan fingerprint density at radius 2 is 2.31 bits per heavy atom. The third kappa shape index (κ3) is 2.50. The van der Waals surface area contributed by atoms with E-state index in [9.17, 15) is 8.78 Å². The van der Waals surface area contributed by atoms with Crippen molar-refractivity contribution in [3.63, 3.8) is 0 Å². The van der Waals surface area contributed by atoms with Crippen LogP contribution in [-0.2, 0) is 6.61 Å². The topological polar surface area (TPSA) is 42.4 Å². The number of rotatable bonds is 3. The number of hydrogen-bond donors (Lipinski definition) is 1. The van der Waals surface area contributed by atoms with Gasteiger partial charge in [0, 0.05) is 12.3 Å². The molecule has 1 N–H and O–H groups in total. The van der Waals surface area contributed by atoms with E-state index >= 15 is 0 Å². The van der Waals surface area contributed by atoms with Crippen LogP contribution in [0.2, 0.25) is 5.02 Å². The Hall–Kier alpha value is -0.940. The van der Waals surface area contributed by atoms with E-state index in [0.29, 0.717) is 0 Å². The number of hydrogen-bond acceptors (Lipinski definition) is 3. The second kappa shape index (κ2) is 4.34. The molecule has 0 fully saturated rings. The van der Waals surface area contributed by atoms with Crippen molar-refractivity contribution in [1.82, 2.24) is 4.98 Å². The first-order chi connectivity index (χ1) is 6.15. The van der Waals surface area contributed by atoms with Gasteiger partial charge in [0.2, 0.25) is 0 Å². The van der Waals surface area contributed by atoms with E-state index in [1.807, 2.05) is 0 Å². The highest BCUT2D eigenvalue weighted by Gasteiger charge is 2.11. The Balaban J connectivity index is 2.94. The Morgan fingerprint density at radius 1 is 1.62 bits per heavy atom. The molecule has 0 saturated heterocycles. The minimum absolute atomic E-state index is 0.0923. The zero-order valence-electron chi connectivity index (χ0n) is 6.38. The van der Waals surface area contributed by atoms with Crippen LogP contribution < -0.4 is 4.74 Å². The molecule has 1 rings (SSSR count). The van der Waals surface area contributed by atoms with Crippen molar-refractivity contribution in [2.24, 2.45) is 0 Å². The Kier molecular flexibility index (Phi) is 3.39. The molecule has 0 unspecified atom stereocenters. The van der Waals surface area contributed by atoms with Crippen molar-refractivity contribution in [3.8, 4) is 5.75 Å². The molecule has 0 spiro atoms. The lowest BCUT2D eigenvalue weighted by molar-refractivity contribution is -0.0499. The number of ether oxygens (including phenoxy) is 1. The van der Waals surface area contributed by atoms with Crippen LogP contribution in [0.5, 0.6) is 5.75 Å². The molecule has 0 aliphatic carbocycles. The van der Waals surface area contributed by atoms with Crippen LogP contribution >= 0.6 is 11.6 Å². The summed E-state index contributed by atoms with van der Waals surface area (Å²) in [7, 11) is 0. The van der Waals surface area contributed by atoms with Crippen molar-refractivity contribution in [2.75, 3.05) is 0 Å². The number of nitrogens with zero attached hydrogens (tertiary/aromatic N) is 1. The quantitative estimate of drug-likeness (QED) is 0.826. The minimum atomic E-state index is -2.94. The number of alkyl halides is 2. The first kappa shape index (κ1) is 10.1. The molecule has 6 heteroatoms. The number of pyridine rings is 1. The molecule has 13 heavy (non-hydrogen) atoms. The van der Waals surface area contributed by atoms with E-state index in [4.69, 9.17) is 16.7 Å². The third-order valence-electron chi connectivity index (χ3n) is 1.29. The van der Waals surface area contributed by atoms with Gasteiger partial charge in [-0.3, -0.25) is 4.98 Å². The highest BCUT2D eigenvalue weighted by molar-refractivity contribution is 6.32. The SMILES string of the molecule is OCc1nccc(OC(F)F)c1Cl. The van der Waals surface area contributed by atoms with E-state index in [2.05, 4.69) is 9.72 Å². The van der Waals surface area contributed by atoms with Crippen molar-refractivity contribution in [2.45, 2.75) is 13.2 Å². The lowest BCUT2D eigenvalue weighted by atomic mass is 10.3. The average Bonchev–Trinajstić information content (AvgIpc) is 2.08. The Morgan fingerprint density at radius 3 is 2.85 bits per heavy atom. The highest BCUT2D eigenvalue weighted by atomic mass is 35.5. The van der Waals surface area contributed by atoms with Crippen LogP contribution in [0, 0.1) is 0 Å². The van der Waals surface area contributed by atoms with Gasteiger partial charge in [-0.1, -0.05) is 11.6 Å². The van der Waals surface area contributed by atoms with Gasteiger partial charge >= 0.3 is 6.61 Å². The van der Waals surface area contributed by atoms with Crippen LogP contribution in [0.25, 0.3) is 0 Å². The Bertz CT molecular complexity index is 296. The fraction of sp³-hybridized carbons (Fsp3) is 0.286. The number of aliphatic hydroxyl groups excluding tert-OH is 1. The maximum atomic E-state index is 11.8. The highest BCUT2D eigenvalue weighted by Crippen LogP contribution is 2.27. The summed E-state index contributed by atoms with van der Waals surface area (Å²) in [6.07, 6.45) is 1.23. The lowest BCUT2D eigenvalue weighted by Crippen LogP contribution is -2.04. The molecule has 1 aromatic rings. The van der Waals surface area contributed by atoms with E-state index in [-0.39, 0.29) is 16.5 Å². The van der Waals surface area contributed by atoms with Gasteiger partial charge in [0.1, 0.15) is 10.8 Å². The van der Waals surface area contributed by atoms with Crippen molar-refractivity contribution >= 4 is 11.6 Å². The van der Waals surface area contributed by atoms with Crippen LogP contribution in [0.4, 0.5) is 8.78 Å². The summed E-state index contributed by atoms with van der Waals surface area (Å²) in [5.74, 6) is -0.185. The molecule has 3 nitrogen and oxygen atoms in total. The van der Waals surface area contributed by atoms with Crippen molar-refractivity contribution < 1.29 is 18.6 Å². The molecule has 1 heterocycles. The van der Waals surface area contributed by atoms with E-state index in [1.165, 1.54) is 12.3 Å². The number of halogens is 3. The fourth-order valence-electron chi connectivity index (χ4n) is 0.764. The molecule has 0 radical (unpaired) electrons. The van der Waals surface area contributed by atoms with Crippen LogP contribution in [0.3, 0.4) is 0 Å². The zero-order chi connectivity index (χ0) is 9.84. The van der Waals surface area contributed by atoms with Gasteiger partial charge in [-0.05, 0) is 0 Å². The van der Waals surface area contributed by atoms with Crippen LogP contribution in [0.1, 0.15) is 5.69 Å². The van der Waals surface area contributed by atoms with Crippen molar-refractivity contribution in [1.29, 1.82) is 0 Å². The standard InChI is InChI=1S/C7H6ClF2NO2/c8-6-4(3-12)11-2-1-5(6)13-7(9)10/h1-2,7,12H,3H2. The first-order valence-corrected chi connectivity index (χ1v) is 3.72. The second-order valence-corrected chi connectivity index (χ2v) is 2.48. The zero-order valence-corrected chi connectivity index (χ0v) is 7.13. The molecule has 0 aromatic carbocycles. The maximum Gasteiger partial charge on any atom is 0.387 e.